The van der Waals surface area contributed by atoms with Gasteiger partial charge in [0, 0.05) is 41.8 Å². The molecule has 0 saturated carbocycles. The van der Waals surface area contributed by atoms with E-state index in [0.29, 0.717) is 12.1 Å². The van der Waals surface area contributed by atoms with Gasteiger partial charge in [-0.25, -0.2) is 8.78 Å². The van der Waals surface area contributed by atoms with Gasteiger partial charge < -0.3 is 15.7 Å². The molecule has 3 aromatic rings. The van der Waals surface area contributed by atoms with Gasteiger partial charge in [-0.1, -0.05) is 18.2 Å². The van der Waals surface area contributed by atoms with E-state index in [1.165, 1.54) is 18.3 Å². The average Bonchev–Trinajstić information content (AvgIpc) is 2.82. The van der Waals surface area contributed by atoms with Crippen LogP contribution in [0.5, 0.6) is 0 Å². The highest BCUT2D eigenvalue weighted by Gasteiger charge is 2.23. The Bertz CT molecular complexity index is 1130. The highest BCUT2D eigenvalue weighted by atomic mass is 127. The normalized spacial score (nSPS) is 12.7. The molecule has 0 aliphatic carbocycles. The molecule has 35 heavy (non-hydrogen) atoms. The second-order valence-corrected chi connectivity index (χ2v) is 9.37. The molecule has 2 atom stereocenters. The molecular weight excluding hydrogens is 567 g/mol. The van der Waals surface area contributed by atoms with Gasteiger partial charge in [0.15, 0.2) is 5.78 Å². The van der Waals surface area contributed by atoms with Gasteiger partial charge in [0.05, 0.1) is 12.1 Å². The van der Waals surface area contributed by atoms with Crippen molar-refractivity contribution in [1.82, 2.24) is 15.6 Å². The van der Waals surface area contributed by atoms with Crippen molar-refractivity contribution < 1.29 is 23.5 Å². The van der Waals surface area contributed by atoms with Gasteiger partial charge in [-0.05, 0) is 76.5 Å². The smallest absolute Gasteiger partial charge is 0.220 e. The lowest BCUT2D eigenvalue weighted by atomic mass is 10.00. The zero-order valence-corrected chi connectivity index (χ0v) is 21.0. The molecule has 3 N–H and O–H groups in total. The fraction of sp³-hybridized carbons (Fsp3) is 0.269. The van der Waals surface area contributed by atoms with E-state index in [9.17, 15) is 23.5 Å². The molecule has 6 nitrogen and oxygen atoms in total. The summed E-state index contributed by atoms with van der Waals surface area (Å²) in [4.78, 5) is 28.8. The van der Waals surface area contributed by atoms with Crippen LogP contribution in [0.3, 0.4) is 0 Å². The maximum Gasteiger partial charge on any atom is 0.220 e. The van der Waals surface area contributed by atoms with Gasteiger partial charge in [-0.3, -0.25) is 14.6 Å². The summed E-state index contributed by atoms with van der Waals surface area (Å²) in [6.07, 6.45) is 0.318. The predicted molar refractivity (Wildman–Crippen MR) is 137 cm³/mol. The van der Waals surface area contributed by atoms with Crippen molar-refractivity contribution in [3.05, 3.63) is 98.9 Å². The summed E-state index contributed by atoms with van der Waals surface area (Å²) in [5.41, 5.74) is 1.60. The molecule has 1 aromatic heterocycles. The monoisotopic (exact) mass is 593 g/mol. The summed E-state index contributed by atoms with van der Waals surface area (Å²) in [6, 6.07) is 15.1. The fourth-order valence-electron chi connectivity index (χ4n) is 3.58. The van der Waals surface area contributed by atoms with E-state index in [4.69, 9.17) is 0 Å². The first-order chi connectivity index (χ1) is 16.8. The fourth-order valence-corrected chi connectivity index (χ4v) is 4.19. The number of nitrogens with one attached hydrogen (secondary N) is 2. The Kier molecular flexibility index (Phi) is 10.2. The van der Waals surface area contributed by atoms with Crippen LogP contribution in [-0.2, 0) is 17.8 Å². The quantitative estimate of drug-likeness (QED) is 0.220. The predicted octanol–water partition coefficient (Wildman–Crippen LogP) is 3.81. The SMILES string of the molecule is O=C(CCC(=O)c1ccccn1)N[C@@H](Cc1cc(F)cc(F)c1)[C@@H](O)CNCc1cccc(I)c1. The van der Waals surface area contributed by atoms with Gasteiger partial charge >= 0.3 is 0 Å². The van der Waals surface area contributed by atoms with Crippen molar-refractivity contribution in [3.63, 3.8) is 0 Å². The number of nitrogens with zero attached hydrogens (tertiary/aromatic N) is 1. The van der Waals surface area contributed by atoms with Crippen molar-refractivity contribution in [3.8, 4) is 0 Å². The van der Waals surface area contributed by atoms with E-state index in [1.54, 1.807) is 18.2 Å². The standard InChI is InChI=1S/C26H26F2IN3O3/c27-19-10-18(11-20(28)14-19)13-23(25(34)16-30-15-17-4-3-5-21(29)12-17)32-26(35)8-7-24(33)22-6-1-2-9-31-22/h1-6,9-12,14,23,25,30,34H,7-8,13,15-16H2,(H,32,35)/t23-,25-/m0/s1. The zero-order chi connectivity index (χ0) is 25.2. The van der Waals surface area contributed by atoms with Gasteiger partial charge in [-0.2, -0.15) is 0 Å². The van der Waals surface area contributed by atoms with E-state index in [-0.39, 0.29) is 37.3 Å². The number of carbonyl (C=O) groups excluding carboxylic acids is 2. The topological polar surface area (TPSA) is 91.3 Å². The number of hydrogen-bond donors (Lipinski definition) is 3. The second kappa shape index (κ2) is 13.4. The first-order valence-corrected chi connectivity index (χ1v) is 12.2. The van der Waals surface area contributed by atoms with Gasteiger partial charge in [0.2, 0.25) is 5.91 Å². The lowest BCUT2D eigenvalue weighted by Crippen LogP contribution is -2.48. The summed E-state index contributed by atoms with van der Waals surface area (Å²) >= 11 is 2.21. The number of rotatable bonds is 12. The number of Topliss-reactive ketones (excluding diaryl/α,β-unsaturated/α-hetero) is 1. The van der Waals surface area contributed by atoms with Crippen molar-refractivity contribution in [2.24, 2.45) is 0 Å². The summed E-state index contributed by atoms with van der Waals surface area (Å²) in [7, 11) is 0. The van der Waals surface area contributed by atoms with E-state index in [0.717, 1.165) is 15.2 Å². The number of carbonyl (C=O) groups is 2. The van der Waals surface area contributed by atoms with Crippen LogP contribution in [0.2, 0.25) is 0 Å². The van der Waals surface area contributed by atoms with Gasteiger partial charge in [0.25, 0.3) is 0 Å². The number of ketones is 1. The molecule has 0 spiro atoms. The summed E-state index contributed by atoms with van der Waals surface area (Å²) < 4.78 is 28.5. The van der Waals surface area contributed by atoms with Crippen molar-refractivity contribution >= 4 is 34.3 Å². The number of amides is 1. The molecule has 0 fully saturated rings. The Labute approximate surface area is 216 Å². The van der Waals surface area contributed by atoms with E-state index >= 15 is 0 Å². The number of aromatic nitrogens is 1. The molecule has 0 unspecified atom stereocenters. The Morgan fingerprint density at radius 3 is 2.43 bits per heavy atom. The molecule has 1 amide bonds. The van der Waals surface area contributed by atoms with Gasteiger partial charge in [-0.15, -0.1) is 0 Å². The van der Waals surface area contributed by atoms with Crippen molar-refractivity contribution in [2.45, 2.75) is 38.0 Å². The first-order valence-electron chi connectivity index (χ1n) is 11.1. The highest BCUT2D eigenvalue weighted by molar-refractivity contribution is 14.1. The van der Waals surface area contributed by atoms with Crippen molar-refractivity contribution in [1.29, 1.82) is 0 Å². The van der Waals surface area contributed by atoms with Crippen LogP contribution >= 0.6 is 22.6 Å². The third kappa shape index (κ3) is 9.08. The van der Waals surface area contributed by atoms with Crippen LogP contribution < -0.4 is 10.6 Å². The number of benzene rings is 2. The largest absolute Gasteiger partial charge is 0.390 e. The summed E-state index contributed by atoms with van der Waals surface area (Å²) in [6.45, 7) is 0.642. The van der Waals surface area contributed by atoms with Crippen LogP contribution in [0.25, 0.3) is 0 Å². The van der Waals surface area contributed by atoms with Gasteiger partial charge in [0.1, 0.15) is 17.3 Å². The van der Waals surface area contributed by atoms with Crippen LogP contribution in [0.4, 0.5) is 8.78 Å². The van der Waals surface area contributed by atoms with Crippen molar-refractivity contribution in [2.75, 3.05) is 6.54 Å². The average molecular weight is 593 g/mol. The summed E-state index contributed by atoms with van der Waals surface area (Å²) in [5, 5.41) is 16.7. The minimum atomic E-state index is -1.04. The van der Waals surface area contributed by atoms with Crippen LogP contribution in [0.15, 0.2) is 66.9 Å². The molecule has 2 aromatic carbocycles. The zero-order valence-electron chi connectivity index (χ0n) is 18.9. The number of aliphatic hydroxyl groups excluding tert-OH is 1. The Balaban J connectivity index is 1.61. The maximum atomic E-state index is 13.7. The first kappa shape index (κ1) is 26.8. The molecule has 3 rings (SSSR count). The maximum absolute atomic E-state index is 13.7. The second-order valence-electron chi connectivity index (χ2n) is 8.12. The minimum absolute atomic E-state index is 0.0146. The third-order valence-corrected chi connectivity index (χ3v) is 5.96. The van der Waals surface area contributed by atoms with Crippen LogP contribution in [0, 0.1) is 15.2 Å². The molecule has 1 heterocycles. The lowest BCUT2D eigenvalue weighted by Gasteiger charge is -2.25. The lowest BCUT2D eigenvalue weighted by molar-refractivity contribution is -0.122. The molecule has 184 valence electrons. The Hall–Kier alpha value is -2.76. The third-order valence-electron chi connectivity index (χ3n) is 5.29. The molecule has 0 saturated heterocycles. The molecule has 0 radical (unpaired) electrons. The highest BCUT2D eigenvalue weighted by Crippen LogP contribution is 2.13. The molecule has 0 aliphatic heterocycles. The number of aliphatic hydroxyl groups is 1. The molecular formula is C26H26F2IN3O3. The molecule has 0 aliphatic rings. The molecule has 0 bridgehead atoms. The minimum Gasteiger partial charge on any atom is -0.390 e. The van der Waals surface area contributed by atoms with Crippen LogP contribution in [-0.4, -0.2) is 40.5 Å². The Morgan fingerprint density at radius 1 is 0.971 bits per heavy atom. The summed E-state index contributed by atoms with van der Waals surface area (Å²) in [5.74, 6) is -2.20. The van der Waals surface area contributed by atoms with Crippen LogP contribution in [0.1, 0.15) is 34.5 Å². The van der Waals surface area contributed by atoms with E-state index in [2.05, 4.69) is 38.2 Å². The van der Waals surface area contributed by atoms with E-state index < -0.39 is 29.7 Å². The van der Waals surface area contributed by atoms with E-state index in [1.807, 2.05) is 24.3 Å². The number of pyridine rings is 1. The Morgan fingerprint density at radius 2 is 1.74 bits per heavy atom. The number of hydrogen-bond acceptors (Lipinski definition) is 5. The molecule has 9 heteroatoms. The number of halogens is 3.